The Morgan fingerprint density at radius 2 is 1.44 bits per heavy atom. The van der Waals surface area contributed by atoms with Crippen molar-refractivity contribution in [1.29, 1.82) is 0 Å². The number of imide groups is 1. The molecule has 0 bridgehead atoms. The first-order valence-corrected chi connectivity index (χ1v) is 10.9. The summed E-state index contributed by atoms with van der Waals surface area (Å²) in [6, 6.07) is 17.3. The minimum Gasteiger partial charge on any atom is -0.497 e. The summed E-state index contributed by atoms with van der Waals surface area (Å²) in [5.41, 5.74) is 0.946. The first-order valence-electron chi connectivity index (χ1n) is 10.9. The van der Waals surface area contributed by atoms with E-state index in [1.54, 1.807) is 30.3 Å². The minimum absolute atomic E-state index is 0.213. The van der Waals surface area contributed by atoms with Crippen LogP contribution in [0.5, 0.6) is 11.5 Å². The zero-order chi connectivity index (χ0) is 25.8. The summed E-state index contributed by atoms with van der Waals surface area (Å²) in [4.78, 5) is 63.2. The number of hydrogen-bond donors (Lipinski definition) is 0. The average molecular weight is 487 g/mol. The van der Waals surface area contributed by atoms with E-state index in [0.29, 0.717) is 11.3 Å². The van der Waals surface area contributed by atoms with Gasteiger partial charge < -0.3 is 14.2 Å². The first-order chi connectivity index (χ1) is 17.3. The zero-order valence-electron chi connectivity index (χ0n) is 19.4. The number of amides is 2. The smallest absolute Gasteiger partial charge is 0.343 e. The van der Waals surface area contributed by atoms with Crippen LogP contribution in [0.4, 0.5) is 0 Å². The van der Waals surface area contributed by atoms with Crippen molar-refractivity contribution in [3.8, 4) is 11.5 Å². The van der Waals surface area contributed by atoms with Gasteiger partial charge in [-0.15, -0.1) is 0 Å². The molecule has 1 aliphatic rings. The lowest BCUT2D eigenvalue weighted by atomic mass is 10.1. The molecular weight excluding hydrogens is 466 g/mol. The molecule has 1 atom stereocenters. The summed E-state index contributed by atoms with van der Waals surface area (Å²) < 4.78 is 15.5. The number of esters is 2. The molecule has 36 heavy (non-hydrogen) atoms. The Hall–Kier alpha value is -4.79. The molecule has 0 aliphatic carbocycles. The highest BCUT2D eigenvalue weighted by atomic mass is 16.5. The molecule has 3 aromatic carbocycles. The van der Waals surface area contributed by atoms with Crippen molar-refractivity contribution in [3.63, 3.8) is 0 Å². The normalized spacial score (nSPS) is 13.1. The third-order valence-corrected chi connectivity index (χ3v) is 5.59. The van der Waals surface area contributed by atoms with E-state index in [4.69, 9.17) is 14.2 Å². The fourth-order valence-electron chi connectivity index (χ4n) is 3.63. The summed E-state index contributed by atoms with van der Waals surface area (Å²) in [7, 11) is 1.49. The Bertz CT molecular complexity index is 1330. The second-order valence-corrected chi connectivity index (χ2v) is 7.88. The van der Waals surface area contributed by atoms with Gasteiger partial charge in [-0.25, -0.2) is 9.59 Å². The van der Waals surface area contributed by atoms with Crippen LogP contribution in [-0.4, -0.2) is 54.2 Å². The van der Waals surface area contributed by atoms with Crippen LogP contribution in [0, 0.1) is 0 Å². The van der Waals surface area contributed by atoms with Gasteiger partial charge in [0.1, 0.15) is 17.5 Å². The van der Waals surface area contributed by atoms with Crippen LogP contribution >= 0.6 is 0 Å². The summed E-state index contributed by atoms with van der Waals surface area (Å²) in [6.45, 7) is 0.773. The molecule has 0 spiro atoms. The average Bonchev–Trinajstić information content (AvgIpc) is 3.16. The van der Waals surface area contributed by atoms with E-state index in [-0.39, 0.29) is 22.4 Å². The molecule has 0 aromatic heterocycles. The van der Waals surface area contributed by atoms with Crippen LogP contribution in [-0.2, 0) is 9.53 Å². The molecule has 0 unspecified atom stereocenters. The standard InChI is InChI=1S/C27H21NO8/c1-16(28-24(30)21-8-3-4-9-22(21)25(28)31)26(32)35-15-23(29)17-10-12-19(13-11-17)36-27(33)18-6-5-7-20(14-18)34-2/h3-14,16H,15H2,1-2H3/t16-/m0/s1. The molecule has 2 amide bonds. The third-order valence-electron chi connectivity index (χ3n) is 5.59. The van der Waals surface area contributed by atoms with E-state index in [2.05, 4.69) is 0 Å². The van der Waals surface area contributed by atoms with Gasteiger partial charge in [-0.05, 0) is 61.5 Å². The van der Waals surface area contributed by atoms with Gasteiger partial charge in [-0.1, -0.05) is 18.2 Å². The molecule has 0 N–H and O–H groups in total. The van der Waals surface area contributed by atoms with Gasteiger partial charge in [-0.2, -0.15) is 0 Å². The van der Waals surface area contributed by atoms with Crippen LogP contribution in [0.15, 0.2) is 72.8 Å². The molecular formula is C27H21NO8. The lowest BCUT2D eigenvalue weighted by Crippen LogP contribution is -2.44. The van der Waals surface area contributed by atoms with E-state index in [1.807, 2.05) is 0 Å². The Labute approximate surface area is 206 Å². The molecule has 182 valence electrons. The van der Waals surface area contributed by atoms with Crippen LogP contribution in [0.2, 0.25) is 0 Å². The fraction of sp³-hybridized carbons (Fsp3) is 0.148. The van der Waals surface area contributed by atoms with E-state index >= 15 is 0 Å². The number of rotatable bonds is 8. The van der Waals surface area contributed by atoms with Gasteiger partial charge in [-0.3, -0.25) is 19.3 Å². The Kier molecular flexibility index (Phi) is 6.91. The van der Waals surface area contributed by atoms with Crippen molar-refractivity contribution in [2.45, 2.75) is 13.0 Å². The van der Waals surface area contributed by atoms with Crippen molar-refractivity contribution < 1.29 is 38.2 Å². The molecule has 0 fully saturated rings. The molecule has 0 saturated heterocycles. The van der Waals surface area contributed by atoms with E-state index in [9.17, 15) is 24.0 Å². The lowest BCUT2D eigenvalue weighted by Gasteiger charge is -2.20. The summed E-state index contributed by atoms with van der Waals surface area (Å²) in [5.74, 6) is -2.45. The van der Waals surface area contributed by atoms with Gasteiger partial charge in [0.05, 0.1) is 23.8 Å². The maximum Gasteiger partial charge on any atom is 0.343 e. The van der Waals surface area contributed by atoms with Crippen LogP contribution in [0.25, 0.3) is 0 Å². The molecule has 1 heterocycles. The molecule has 1 aliphatic heterocycles. The highest BCUT2D eigenvalue weighted by Crippen LogP contribution is 2.25. The topological polar surface area (TPSA) is 116 Å². The largest absolute Gasteiger partial charge is 0.497 e. The first kappa shape index (κ1) is 24.3. The Morgan fingerprint density at radius 1 is 0.806 bits per heavy atom. The van der Waals surface area contributed by atoms with Crippen LogP contribution in [0.1, 0.15) is 48.4 Å². The molecule has 0 radical (unpaired) electrons. The van der Waals surface area contributed by atoms with E-state index in [1.165, 1.54) is 56.5 Å². The molecule has 9 heteroatoms. The molecule has 4 rings (SSSR count). The predicted molar refractivity (Wildman–Crippen MR) is 126 cm³/mol. The van der Waals surface area contributed by atoms with E-state index < -0.39 is 42.2 Å². The minimum atomic E-state index is -1.21. The second-order valence-electron chi connectivity index (χ2n) is 7.88. The summed E-state index contributed by atoms with van der Waals surface area (Å²) >= 11 is 0. The van der Waals surface area contributed by atoms with Crippen molar-refractivity contribution >= 4 is 29.5 Å². The monoisotopic (exact) mass is 487 g/mol. The number of ketones is 1. The molecule has 3 aromatic rings. The zero-order valence-corrected chi connectivity index (χ0v) is 19.4. The van der Waals surface area contributed by atoms with Gasteiger partial charge in [0.15, 0.2) is 12.4 Å². The number of carbonyl (C=O) groups excluding carboxylic acids is 5. The molecule has 0 saturated carbocycles. The number of carbonyl (C=O) groups is 5. The number of Topliss-reactive ketones (excluding diaryl/α,β-unsaturated/α-hetero) is 1. The number of benzene rings is 3. The predicted octanol–water partition coefficient (Wildman–Crippen LogP) is 3.33. The van der Waals surface area contributed by atoms with Crippen molar-refractivity contribution in [3.05, 3.63) is 95.1 Å². The Morgan fingerprint density at radius 3 is 2.06 bits per heavy atom. The maximum absolute atomic E-state index is 12.5. The van der Waals surface area contributed by atoms with Crippen molar-refractivity contribution in [2.75, 3.05) is 13.7 Å². The summed E-state index contributed by atoms with van der Waals surface area (Å²) in [5, 5.41) is 0. The SMILES string of the molecule is COc1cccc(C(=O)Oc2ccc(C(=O)COC(=O)[C@H](C)N3C(=O)c4ccccc4C3=O)cc2)c1. The van der Waals surface area contributed by atoms with E-state index in [0.717, 1.165) is 4.90 Å². The number of hydrogen-bond acceptors (Lipinski definition) is 8. The number of nitrogens with zero attached hydrogens (tertiary/aromatic N) is 1. The van der Waals surface area contributed by atoms with Crippen molar-refractivity contribution in [2.24, 2.45) is 0 Å². The highest BCUT2D eigenvalue weighted by Gasteiger charge is 2.41. The number of fused-ring (bicyclic) bond motifs is 1. The van der Waals surface area contributed by atoms with Gasteiger partial charge >= 0.3 is 11.9 Å². The summed E-state index contributed by atoms with van der Waals surface area (Å²) in [6.07, 6.45) is 0. The Balaban J connectivity index is 1.32. The number of ether oxygens (including phenoxy) is 3. The quantitative estimate of drug-likeness (QED) is 0.206. The van der Waals surface area contributed by atoms with Crippen molar-refractivity contribution in [1.82, 2.24) is 4.90 Å². The highest BCUT2D eigenvalue weighted by molar-refractivity contribution is 6.22. The van der Waals surface area contributed by atoms with Gasteiger partial charge in [0.25, 0.3) is 11.8 Å². The molecule has 9 nitrogen and oxygen atoms in total. The fourth-order valence-corrected chi connectivity index (χ4v) is 3.63. The third kappa shape index (κ3) is 4.85. The lowest BCUT2D eigenvalue weighted by molar-refractivity contribution is -0.146. The maximum atomic E-state index is 12.5. The second kappa shape index (κ2) is 10.2. The van der Waals surface area contributed by atoms with Crippen LogP contribution in [0.3, 0.4) is 0 Å². The van der Waals surface area contributed by atoms with Crippen LogP contribution < -0.4 is 9.47 Å². The van der Waals surface area contributed by atoms with Gasteiger partial charge in [0.2, 0.25) is 0 Å². The number of methoxy groups -OCH3 is 1. The van der Waals surface area contributed by atoms with Gasteiger partial charge in [0, 0.05) is 5.56 Å².